The van der Waals surface area contributed by atoms with Crippen LogP contribution in [0.5, 0.6) is 0 Å². The van der Waals surface area contributed by atoms with E-state index in [0.29, 0.717) is 15.8 Å². The van der Waals surface area contributed by atoms with Crippen molar-refractivity contribution in [3.8, 4) is 0 Å². The number of aromatic nitrogens is 7. The van der Waals surface area contributed by atoms with Gasteiger partial charge in [-0.2, -0.15) is 10.1 Å². The maximum absolute atomic E-state index is 11.8. The maximum atomic E-state index is 11.8. The summed E-state index contributed by atoms with van der Waals surface area (Å²) in [6, 6.07) is 0.229. The van der Waals surface area contributed by atoms with E-state index in [9.17, 15) is 4.79 Å². The van der Waals surface area contributed by atoms with E-state index >= 15 is 0 Å². The summed E-state index contributed by atoms with van der Waals surface area (Å²) in [5.41, 5.74) is 2.78. The fourth-order valence-electron chi connectivity index (χ4n) is 2.05. The first kappa shape index (κ1) is 12.3. The molecular weight excluding hydrogens is 294 g/mol. The van der Waals surface area contributed by atoms with Crippen LogP contribution in [0.15, 0.2) is 21.2 Å². The number of nitrogens with zero attached hydrogens (tertiary/aromatic N) is 5. The van der Waals surface area contributed by atoms with Crippen molar-refractivity contribution in [1.82, 2.24) is 34.9 Å². The topological polar surface area (TPSA) is 143 Å². The minimum Gasteiger partial charge on any atom is -0.292 e. The van der Waals surface area contributed by atoms with Crippen molar-refractivity contribution in [1.29, 1.82) is 0 Å². The van der Waals surface area contributed by atoms with E-state index in [4.69, 9.17) is 5.84 Å². The molecule has 3 aromatic rings. The number of fused-ring (bicyclic) bond motifs is 1. The molecule has 0 aromatic carbocycles. The molecule has 5 N–H and O–H groups in total. The molecule has 11 heteroatoms. The molecule has 1 fully saturated rings. The minimum absolute atomic E-state index is 0.199. The summed E-state index contributed by atoms with van der Waals surface area (Å²) >= 11 is 1.28. The van der Waals surface area contributed by atoms with Crippen LogP contribution in [-0.4, -0.2) is 34.9 Å². The van der Waals surface area contributed by atoms with E-state index in [1.165, 1.54) is 11.8 Å². The Bertz CT molecular complexity index is 861. The van der Waals surface area contributed by atoms with Gasteiger partial charge in [-0.15, -0.1) is 5.10 Å². The fourth-order valence-corrected chi connectivity index (χ4v) is 3.04. The lowest BCUT2D eigenvalue weighted by Gasteiger charge is -2.05. The number of nitrogens with two attached hydrogens (primary N) is 1. The molecule has 1 aliphatic rings. The Labute approximate surface area is 121 Å². The molecule has 108 valence electrons. The van der Waals surface area contributed by atoms with Gasteiger partial charge in [-0.25, -0.2) is 20.7 Å². The lowest BCUT2D eigenvalue weighted by atomic mass is 10.4. The summed E-state index contributed by atoms with van der Waals surface area (Å²) in [6.45, 7) is 0. The van der Waals surface area contributed by atoms with Crippen molar-refractivity contribution in [2.24, 2.45) is 5.84 Å². The number of anilines is 1. The monoisotopic (exact) mass is 305 g/mol. The van der Waals surface area contributed by atoms with Crippen LogP contribution in [-0.2, 0) is 0 Å². The van der Waals surface area contributed by atoms with E-state index in [-0.39, 0.29) is 17.7 Å². The highest BCUT2D eigenvalue weighted by Gasteiger charge is 2.29. The van der Waals surface area contributed by atoms with Crippen molar-refractivity contribution in [2.75, 3.05) is 5.43 Å². The van der Waals surface area contributed by atoms with Crippen LogP contribution in [0, 0.1) is 0 Å². The fraction of sp³-hybridized carbons (Fsp3) is 0.300. The second-order valence-corrected chi connectivity index (χ2v) is 5.60. The molecule has 1 aliphatic carbocycles. The zero-order valence-corrected chi connectivity index (χ0v) is 11.5. The first-order chi connectivity index (χ1) is 10.3. The number of hydrogen-bond acceptors (Lipinski definition) is 8. The minimum atomic E-state index is -0.199. The summed E-state index contributed by atoms with van der Waals surface area (Å²) < 4.78 is 1.66. The second kappa shape index (κ2) is 4.56. The van der Waals surface area contributed by atoms with Gasteiger partial charge in [0.25, 0.3) is 0 Å². The van der Waals surface area contributed by atoms with Crippen LogP contribution in [0.2, 0.25) is 0 Å². The molecule has 21 heavy (non-hydrogen) atoms. The van der Waals surface area contributed by atoms with Crippen molar-refractivity contribution in [3.05, 3.63) is 16.7 Å². The van der Waals surface area contributed by atoms with E-state index in [1.54, 1.807) is 10.8 Å². The van der Waals surface area contributed by atoms with Crippen molar-refractivity contribution in [3.63, 3.8) is 0 Å². The van der Waals surface area contributed by atoms with Gasteiger partial charge in [0.15, 0.2) is 10.8 Å². The second-order valence-electron chi connectivity index (χ2n) is 4.64. The van der Waals surface area contributed by atoms with Crippen LogP contribution in [0.3, 0.4) is 0 Å². The Morgan fingerprint density at radius 2 is 2.24 bits per heavy atom. The van der Waals surface area contributed by atoms with E-state index in [2.05, 4.69) is 35.8 Å². The third kappa shape index (κ3) is 2.06. The lowest BCUT2D eigenvalue weighted by molar-refractivity contribution is 0.642. The lowest BCUT2D eigenvalue weighted by Crippen LogP contribution is -2.16. The number of hydrogen-bond donors (Lipinski definition) is 4. The molecule has 3 aromatic heterocycles. The predicted molar refractivity (Wildman–Crippen MR) is 74.7 cm³/mol. The van der Waals surface area contributed by atoms with Gasteiger partial charge in [0.2, 0.25) is 5.95 Å². The molecule has 0 atom stereocenters. The summed E-state index contributed by atoms with van der Waals surface area (Å²) in [7, 11) is 0. The Kier molecular flexibility index (Phi) is 2.68. The third-order valence-electron chi connectivity index (χ3n) is 3.18. The molecule has 1 saturated carbocycles. The Hall–Kier alpha value is -2.40. The van der Waals surface area contributed by atoms with Crippen LogP contribution in [0.4, 0.5) is 5.95 Å². The Morgan fingerprint density at radius 3 is 3.00 bits per heavy atom. The highest BCUT2D eigenvalue weighted by Crippen LogP contribution is 2.38. The van der Waals surface area contributed by atoms with Crippen molar-refractivity contribution in [2.45, 2.75) is 29.1 Å². The first-order valence-corrected chi connectivity index (χ1v) is 7.10. The number of nitrogen functional groups attached to an aromatic ring is 1. The SMILES string of the molecule is NNc1nc(Sc2n[nH]c(=O)n2C2CC2)c2cn[nH]c2n1. The van der Waals surface area contributed by atoms with Gasteiger partial charge in [0.1, 0.15) is 5.03 Å². The quantitative estimate of drug-likeness (QED) is 0.300. The molecule has 0 aliphatic heterocycles. The zero-order chi connectivity index (χ0) is 14.4. The number of hydrazine groups is 1. The number of H-pyrrole nitrogens is 2. The van der Waals surface area contributed by atoms with Gasteiger partial charge in [-0.05, 0) is 24.6 Å². The first-order valence-electron chi connectivity index (χ1n) is 6.29. The highest BCUT2D eigenvalue weighted by atomic mass is 32.2. The van der Waals surface area contributed by atoms with Gasteiger partial charge in [-0.3, -0.25) is 15.1 Å². The molecule has 0 unspecified atom stereocenters. The van der Waals surface area contributed by atoms with E-state index < -0.39 is 0 Å². The van der Waals surface area contributed by atoms with Gasteiger partial charge in [0, 0.05) is 6.04 Å². The van der Waals surface area contributed by atoms with Crippen LogP contribution in [0.1, 0.15) is 18.9 Å². The molecule has 0 bridgehead atoms. The van der Waals surface area contributed by atoms with E-state index in [0.717, 1.165) is 18.2 Å². The molecule has 0 amide bonds. The molecule has 3 heterocycles. The predicted octanol–water partition coefficient (Wildman–Crippen LogP) is 0.00940. The molecule has 0 spiro atoms. The van der Waals surface area contributed by atoms with Crippen LogP contribution >= 0.6 is 11.8 Å². The smallest absolute Gasteiger partial charge is 0.292 e. The highest BCUT2D eigenvalue weighted by molar-refractivity contribution is 7.99. The third-order valence-corrected chi connectivity index (χ3v) is 4.15. The number of rotatable bonds is 4. The summed E-state index contributed by atoms with van der Waals surface area (Å²) in [6.07, 6.45) is 3.62. The Balaban J connectivity index is 1.80. The normalized spacial score (nSPS) is 14.7. The average molecular weight is 305 g/mol. The molecule has 10 nitrogen and oxygen atoms in total. The molecule has 0 radical (unpaired) electrons. The molecule has 4 rings (SSSR count). The van der Waals surface area contributed by atoms with Crippen molar-refractivity contribution >= 4 is 28.7 Å². The van der Waals surface area contributed by atoms with Gasteiger partial charge in [0.05, 0.1) is 11.6 Å². The summed E-state index contributed by atoms with van der Waals surface area (Å²) in [4.78, 5) is 20.3. The summed E-state index contributed by atoms with van der Waals surface area (Å²) in [5.74, 6) is 5.64. The summed E-state index contributed by atoms with van der Waals surface area (Å²) in [5, 5.41) is 15.2. The standard InChI is InChI=1S/C10H11N9OS/c11-15-8-13-6-5(3-12-16-6)7(14-8)21-10-18-17-9(20)19(10)4-1-2-4/h3-4H,1-2,11H2,(H,17,20)(H2,12,13,14,15,16). The number of nitrogens with one attached hydrogen (secondary N) is 3. The van der Waals surface area contributed by atoms with Crippen molar-refractivity contribution < 1.29 is 0 Å². The maximum Gasteiger partial charge on any atom is 0.344 e. The number of aromatic amines is 2. The van der Waals surface area contributed by atoms with Gasteiger partial charge < -0.3 is 0 Å². The van der Waals surface area contributed by atoms with Gasteiger partial charge in [-0.1, -0.05) is 0 Å². The van der Waals surface area contributed by atoms with Crippen LogP contribution < -0.4 is 17.0 Å². The molecular formula is C10H11N9OS. The zero-order valence-electron chi connectivity index (χ0n) is 10.7. The van der Waals surface area contributed by atoms with Crippen LogP contribution in [0.25, 0.3) is 11.0 Å². The Morgan fingerprint density at radius 1 is 1.38 bits per heavy atom. The van der Waals surface area contributed by atoms with E-state index in [1.807, 2.05) is 0 Å². The largest absolute Gasteiger partial charge is 0.344 e. The van der Waals surface area contributed by atoms with Gasteiger partial charge >= 0.3 is 5.69 Å². The average Bonchev–Trinajstić information content (AvgIpc) is 3.08. The molecule has 0 saturated heterocycles.